The summed E-state index contributed by atoms with van der Waals surface area (Å²) in [6.07, 6.45) is 1.63. The lowest BCUT2D eigenvalue weighted by Crippen LogP contribution is -2.43. The van der Waals surface area contributed by atoms with Crippen molar-refractivity contribution in [1.82, 2.24) is 9.88 Å². The van der Waals surface area contributed by atoms with Crippen molar-refractivity contribution in [2.75, 3.05) is 38.2 Å². The normalized spacial score (nSPS) is 15.3. The number of urea groups is 1. The predicted molar refractivity (Wildman–Crippen MR) is 66.8 cm³/mol. The number of rotatable bonds is 3. The summed E-state index contributed by atoms with van der Waals surface area (Å²) in [5.41, 5.74) is 0.593. The lowest BCUT2D eigenvalue weighted by molar-refractivity contribution is 0.0564. The zero-order valence-electron chi connectivity index (χ0n) is 10.4. The molecule has 0 saturated carbocycles. The van der Waals surface area contributed by atoms with Crippen LogP contribution in [0.3, 0.4) is 0 Å². The molecule has 2 amide bonds. The highest BCUT2D eigenvalue weighted by molar-refractivity contribution is 5.90. The number of nitrogens with zero attached hydrogens (tertiary/aromatic N) is 2. The van der Waals surface area contributed by atoms with Crippen LogP contribution in [-0.4, -0.2) is 48.8 Å². The monoisotopic (exact) mass is 251 g/mol. The number of morpholine rings is 1. The number of carbonyl (C=O) groups excluding carboxylic acids is 1. The first kappa shape index (κ1) is 12.6. The third kappa shape index (κ3) is 3.10. The molecule has 0 aliphatic carbocycles. The highest BCUT2D eigenvalue weighted by Crippen LogP contribution is 2.20. The van der Waals surface area contributed by atoms with Gasteiger partial charge in [-0.3, -0.25) is 0 Å². The van der Waals surface area contributed by atoms with Crippen LogP contribution in [0.5, 0.6) is 5.88 Å². The quantitative estimate of drug-likeness (QED) is 0.880. The molecule has 1 N–H and O–H groups in total. The molecule has 18 heavy (non-hydrogen) atoms. The number of carbonyl (C=O) groups is 1. The van der Waals surface area contributed by atoms with E-state index in [1.54, 1.807) is 23.2 Å². The molecule has 0 spiro atoms. The Hall–Kier alpha value is -1.82. The number of amides is 2. The van der Waals surface area contributed by atoms with Gasteiger partial charge in [0.2, 0.25) is 5.88 Å². The lowest BCUT2D eigenvalue weighted by atomic mass is 10.4. The third-order valence-electron chi connectivity index (χ3n) is 2.59. The van der Waals surface area contributed by atoms with Crippen LogP contribution in [0.4, 0.5) is 10.5 Å². The average molecular weight is 251 g/mol. The highest BCUT2D eigenvalue weighted by Gasteiger charge is 2.18. The Labute approximate surface area is 106 Å². The lowest BCUT2D eigenvalue weighted by Gasteiger charge is -2.27. The fourth-order valence-electron chi connectivity index (χ4n) is 1.70. The van der Waals surface area contributed by atoms with E-state index in [9.17, 15) is 4.79 Å². The maximum atomic E-state index is 12.0. The van der Waals surface area contributed by atoms with Crippen molar-refractivity contribution < 1.29 is 14.3 Å². The van der Waals surface area contributed by atoms with E-state index in [1.165, 1.54) is 0 Å². The zero-order chi connectivity index (χ0) is 12.8. The second-order valence-corrected chi connectivity index (χ2v) is 3.82. The van der Waals surface area contributed by atoms with E-state index in [1.807, 2.05) is 6.92 Å². The van der Waals surface area contributed by atoms with Gasteiger partial charge in [-0.25, -0.2) is 9.78 Å². The molecule has 2 rings (SSSR count). The van der Waals surface area contributed by atoms with E-state index < -0.39 is 0 Å². The van der Waals surface area contributed by atoms with E-state index in [-0.39, 0.29) is 6.03 Å². The molecule has 2 heterocycles. The predicted octanol–water partition coefficient (Wildman–Crippen LogP) is 1.34. The molecule has 0 aromatic carbocycles. The summed E-state index contributed by atoms with van der Waals surface area (Å²) in [4.78, 5) is 17.8. The first-order valence-corrected chi connectivity index (χ1v) is 6.02. The molecule has 0 unspecified atom stereocenters. The Bertz CT molecular complexity index is 405. The van der Waals surface area contributed by atoms with Crippen molar-refractivity contribution in [3.05, 3.63) is 18.3 Å². The van der Waals surface area contributed by atoms with E-state index in [4.69, 9.17) is 9.47 Å². The van der Waals surface area contributed by atoms with Gasteiger partial charge in [0.05, 0.1) is 19.8 Å². The van der Waals surface area contributed by atoms with Gasteiger partial charge in [0.1, 0.15) is 5.69 Å². The molecule has 1 fully saturated rings. The van der Waals surface area contributed by atoms with E-state index in [2.05, 4.69) is 10.3 Å². The number of hydrogen-bond donors (Lipinski definition) is 1. The molecule has 0 atom stereocenters. The maximum Gasteiger partial charge on any atom is 0.322 e. The van der Waals surface area contributed by atoms with E-state index >= 15 is 0 Å². The largest absolute Gasteiger partial charge is 0.476 e. The van der Waals surface area contributed by atoms with Crippen LogP contribution in [0, 0.1) is 0 Å². The van der Waals surface area contributed by atoms with Gasteiger partial charge < -0.3 is 19.7 Å². The van der Waals surface area contributed by atoms with E-state index in [0.717, 1.165) is 0 Å². The number of anilines is 1. The first-order chi connectivity index (χ1) is 8.81. The Balaban J connectivity index is 2.01. The van der Waals surface area contributed by atoms with Gasteiger partial charge in [0.25, 0.3) is 0 Å². The van der Waals surface area contributed by atoms with Crippen LogP contribution < -0.4 is 10.1 Å². The van der Waals surface area contributed by atoms with Crippen LogP contribution in [0.15, 0.2) is 18.3 Å². The van der Waals surface area contributed by atoms with Gasteiger partial charge in [-0.05, 0) is 19.1 Å². The Morgan fingerprint density at radius 1 is 1.56 bits per heavy atom. The summed E-state index contributed by atoms with van der Waals surface area (Å²) in [7, 11) is 0. The van der Waals surface area contributed by atoms with Crippen LogP contribution in [-0.2, 0) is 4.74 Å². The molecule has 1 aliphatic rings. The molecule has 0 radical (unpaired) electrons. The second-order valence-electron chi connectivity index (χ2n) is 3.82. The van der Waals surface area contributed by atoms with Gasteiger partial charge in [-0.2, -0.15) is 0 Å². The standard InChI is InChI=1S/C12H17N3O3/c1-2-18-11-10(4-3-5-13-11)14-12(16)15-6-8-17-9-7-15/h3-5H,2,6-9H2,1H3,(H,14,16). The van der Waals surface area contributed by atoms with Crippen LogP contribution in [0.2, 0.25) is 0 Å². The minimum atomic E-state index is -0.146. The molecule has 1 aromatic rings. The summed E-state index contributed by atoms with van der Waals surface area (Å²) in [6, 6.07) is 3.39. The molecular weight excluding hydrogens is 234 g/mol. The van der Waals surface area contributed by atoms with Crippen molar-refractivity contribution in [3.8, 4) is 5.88 Å². The molecule has 6 heteroatoms. The molecule has 1 aromatic heterocycles. The van der Waals surface area contributed by atoms with Gasteiger partial charge in [-0.15, -0.1) is 0 Å². The van der Waals surface area contributed by atoms with Crippen LogP contribution in [0.25, 0.3) is 0 Å². The molecular formula is C12H17N3O3. The smallest absolute Gasteiger partial charge is 0.322 e. The SMILES string of the molecule is CCOc1ncccc1NC(=O)N1CCOCC1. The summed E-state index contributed by atoms with van der Waals surface area (Å²) in [5.74, 6) is 0.446. The van der Waals surface area contributed by atoms with Crippen molar-refractivity contribution in [2.24, 2.45) is 0 Å². The number of aromatic nitrogens is 1. The van der Waals surface area contributed by atoms with Crippen molar-refractivity contribution >= 4 is 11.7 Å². The van der Waals surface area contributed by atoms with Crippen molar-refractivity contribution in [3.63, 3.8) is 0 Å². The van der Waals surface area contributed by atoms with Gasteiger partial charge >= 0.3 is 6.03 Å². The number of pyridine rings is 1. The highest BCUT2D eigenvalue weighted by atomic mass is 16.5. The molecule has 1 aliphatic heterocycles. The number of hydrogen-bond acceptors (Lipinski definition) is 4. The minimum Gasteiger partial charge on any atom is -0.476 e. The molecule has 6 nitrogen and oxygen atoms in total. The minimum absolute atomic E-state index is 0.146. The Morgan fingerprint density at radius 2 is 2.33 bits per heavy atom. The van der Waals surface area contributed by atoms with Crippen molar-refractivity contribution in [2.45, 2.75) is 6.92 Å². The zero-order valence-corrected chi connectivity index (χ0v) is 10.4. The molecule has 98 valence electrons. The van der Waals surface area contributed by atoms with Gasteiger partial charge in [-0.1, -0.05) is 0 Å². The summed E-state index contributed by atoms with van der Waals surface area (Å²) in [5, 5.41) is 2.81. The summed E-state index contributed by atoms with van der Waals surface area (Å²) in [6.45, 7) is 4.77. The van der Waals surface area contributed by atoms with Gasteiger partial charge in [0.15, 0.2) is 0 Å². The summed E-state index contributed by atoms with van der Waals surface area (Å²) >= 11 is 0. The fourth-order valence-corrected chi connectivity index (χ4v) is 1.70. The summed E-state index contributed by atoms with van der Waals surface area (Å²) < 4.78 is 10.6. The van der Waals surface area contributed by atoms with Crippen LogP contribution >= 0.6 is 0 Å². The average Bonchev–Trinajstić information content (AvgIpc) is 2.42. The topological polar surface area (TPSA) is 63.7 Å². The maximum absolute atomic E-state index is 12.0. The number of ether oxygens (including phenoxy) is 2. The molecule has 0 bridgehead atoms. The molecule has 1 saturated heterocycles. The fraction of sp³-hybridized carbons (Fsp3) is 0.500. The van der Waals surface area contributed by atoms with E-state index in [0.29, 0.717) is 44.5 Å². The van der Waals surface area contributed by atoms with Gasteiger partial charge in [0, 0.05) is 19.3 Å². The third-order valence-corrected chi connectivity index (χ3v) is 2.59. The Kier molecular flexibility index (Phi) is 4.35. The number of nitrogens with one attached hydrogen (secondary N) is 1. The Morgan fingerprint density at radius 3 is 3.06 bits per heavy atom. The van der Waals surface area contributed by atoms with Crippen LogP contribution in [0.1, 0.15) is 6.92 Å². The first-order valence-electron chi connectivity index (χ1n) is 6.02. The second kappa shape index (κ2) is 6.20. The van der Waals surface area contributed by atoms with Crippen molar-refractivity contribution in [1.29, 1.82) is 0 Å².